The fourth-order valence-electron chi connectivity index (χ4n) is 2.13. The van der Waals surface area contributed by atoms with Crippen molar-refractivity contribution in [3.8, 4) is 0 Å². The van der Waals surface area contributed by atoms with E-state index < -0.39 is 15.3 Å². The van der Waals surface area contributed by atoms with Crippen LogP contribution in [-0.4, -0.2) is 55.0 Å². The Morgan fingerprint density at radius 2 is 1.93 bits per heavy atom. The summed E-state index contributed by atoms with van der Waals surface area (Å²) in [6.45, 7) is 2.11. The molecule has 0 spiro atoms. The lowest BCUT2D eigenvalue weighted by atomic mass is 10.2. The highest BCUT2D eigenvalue weighted by atomic mass is 32.2. The molecule has 2 saturated heterocycles. The van der Waals surface area contributed by atoms with Gasteiger partial charge in [-0.05, 0) is 19.8 Å². The second kappa shape index (κ2) is 4.01. The lowest BCUT2D eigenvalue weighted by Crippen LogP contribution is -2.49. The van der Waals surface area contributed by atoms with E-state index in [9.17, 15) is 8.42 Å². The van der Waals surface area contributed by atoms with Gasteiger partial charge in [0, 0.05) is 13.1 Å². The maximum Gasteiger partial charge on any atom is 0.219 e. The van der Waals surface area contributed by atoms with Crippen LogP contribution in [0.5, 0.6) is 0 Å². The molecule has 2 bridgehead atoms. The first-order chi connectivity index (χ1) is 7.04. The molecule has 0 aromatic rings. The van der Waals surface area contributed by atoms with Crippen LogP contribution >= 0.6 is 0 Å². The molecule has 0 aliphatic carbocycles. The third kappa shape index (κ3) is 2.04. The first kappa shape index (κ1) is 11.3. The molecule has 2 heterocycles. The molecule has 0 aromatic carbocycles. The third-order valence-electron chi connectivity index (χ3n) is 3.14. The van der Waals surface area contributed by atoms with E-state index in [1.165, 1.54) is 11.2 Å². The number of aliphatic hydroxyl groups excluding tert-OH is 1. The number of aliphatic hydroxyl groups is 1. The quantitative estimate of drug-likeness (QED) is 0.720. The molecular weight excluding hydrogens is 218 g/mol. The smallest absolute Gasteiger partial charge is 0.219 e. The van der Waals surface area contributed by atoms with Crippen LogP contribution in [0.25, 0.3) is 0 Å². The summed E-state index contributed by atoms with van der Waals surface area (Å²) < 4.78 is 30.9. The average molecular weight is 235 g/mol. The molecule has 1 N–H and O–H groups in total. The number of ether oxygens (including phenoxy) is 1. The number of fused-ring (bicyclic) bond motifs is 2. The van der Waals surface area contributed by atoms with Crippen molar-refractivity contribution in [2.24, 2.45) is 0 Å². The van der Waals surface area contributed by atoms with Gasteiger partial charge < -0.3 is 9.84 Å². The largest absolute Gasteiger partial charge is 0.395 e. The van der Waals surface area contributed by atoms with Crippen molar-refractivity contribution in [1.29, 1.82) is 0 Å². The minimum absolute atomic E-state index is 0.0596. The summed E-state index contributed by atoms with van der Waals surface area (Å²) >= 11 is 0. The van der Waals surface area contributed by atoms with Gasteiger partial charge in [-0.1, -0.05) is 0 Å². The molecule has 2 aliphatic heterocycles. The first-order valence-corrected chi connectivity index (χ1v) is 6.79. The molecule has 2 rings (SSSR count). The summed E-state index contributed by atoms with van der Waals surface area (Å²) in [6.07, 6.45) is 2.02. The summed E-state index contributed by atoms with van der Waals surface area (Å²) in [5.41, 5.74) is 0. The lowest BCUT2D eigenvalue weighted by molar-refractivity contribution is -0.0118. The van der Waals surface area contributed by atoms with Gasteiger partial charge in [0.05, 0.1) is 24.1 Å². The highest BCUT2D eigenvalue weighted by molar-refractivity contribution is 7.89. The predicted molar refractivity (Wildman–Crippen MR) is 54.9 cm³/mol. The second-order valence-corrected chi connectivity index (χ2v) is 6.66. The summed E-state index contributed by atoms with van der Waals surface area (Å²) in [4.78, 5) is 0. The van der Waals surface area contributed by atoms with Gasteiger partial charge in [-0.25, -0.2) is 8.42 Å². The maximum atomic E-state index is 11.9. The standard InChI is InChI=1S/C9H17NO4S/c1-7(6-11)15(12,13)10-4-8-2-3-9(5-10)14-8/h7-9,11H,2-6H2,1H3. The average Bonchev–Trinajstić information content (AvgIpc) is 2.56. The van der Waals surface area contributed by atoms with Crippen molar-refractivity contribution < 1.29 is 18.3 Å². The number of sulfonamides is 1. The third-order valence-corrected chi connectivity index (χ3v) is 5.32. The van der Waals surface area contributed by atoms with Gasteiger partial charge in [0.2, 0.25) is 10.0 Å². The van der Waals surface area contributed by atoms with Crippen molar-refractivity contribution >= 4 is 10.0 Å². The lowest BCUT2D eigenvalue weighted by Gasteiger charge is -2.32. The van der Waals surface area contributed by atoms with Gasteiger partial charge >= 0.3 is 0 Å². The van der Waals surface area contributed by atoms with Gasteiger partial charge in [0.15, 0.2) is 0 Å². The molecule has 3 atom stereocenters. The monoisotopic (exact) mass is 235 g/mol. The van der Waals surface area contributed by atoms with E-state index >= 15 is 0 Å². The van der Waals surface area contributed by atoms with E-state index in [4.69, 9.17) is 9.84 Å². The van der Waals surface area contributed by atoms with E-state index in [1.807, 2.05) is 0 Å². The maximum absolute atomic E-state index is 11.9. The number of hydrogen-bond acceptors (Lipinski definition) is 4. The van der Waals surface area contributed by atoms with Crippen molar-refractivity contribution in [2.75, 3.05) is 19.7 Å². The van der Waals surface area contributed by atoms with Crippen molar-refractivity contribution in [3.05, 3.63) is 0 Å². The first-order valence-electron chi connectivity index (χ1n) is 5.29. The zero-order valence-corrected chi connectivity index (χ0v) is 9.61. The fourth-order valence-corrected chi connectivity index (χ4v) is 3.58. The van der Waals surface area contributed by atoms with E-state index in [0.29, 0.717) is 13.1 Å². The fraction of sp³-hybridized carbons (Fsp3) is 1.00. The molecule has 0 saturated carbocycles. The van der Waals surface area contributed by atoms with Gasteiger partial charge in [-0.2, -0.15) is 4.31 Å². The topological polar surface area (TPSA) is 66.8 Å². The van der Waals surface area contributed by atoms with Crippen LogP contribution in [0.2, 0.25) is 0 Å². The molecule has 6 heteroatoms. The van der Waals surface area contributed by atoms with Crippen LogP contribution in [0.3, 0.4) is 0 Å². The van der Waals surface area contributed by atoms with Crippen LogP contribution in [0, 0.1) is 0 Å². The molecular formula is C9H17NO4S. The van der Waals surface area contributed by atoms with Crippen molar-refractivity contribution in [3.63, 3.8) is 0 Å². The zero-order valence-electron chi connectivity index (χ0n) is 8.80. The van der Waals surface area contributed by atoms with Gasteiger partial charge in [0.1, 0.15) is 0 Å². The number of nitrogens with zero attached hydrogens (tertiary/aromatic N) is 1. The molecule has 0 radical (unpaired) electrons. The van der Waals surface area contributed by atoms with E-state index in [1.54, 1.807) is 0 Å². The van der Waals surface area contributed by atoms with Crippen LogP contribution in [0.1, 0.15) is 19.8 Å². The molecule has 0 amide bonds. The highest BCUT2D eigenvalue weighted by Gasteiger charge is 2.40. The molecule has 0 aromatic heterocycles. The van der Waals surface area contributed by atoms with Crippen molar-refractivity contribution in [1.82, 2.24) is 4.31 Å². The Kier molecular flexibility index (Phi) is 3.03. The summed E-state index contributed by atoms with van der Waals surface area (Å²) in [6, 6.07) is 0. The Balaban J connectivity index is 2.11. The number of morpholine rings is 1. The van der Waals surface area contributed by atoms with Crippen LogP contribution < -0.4 is 0 Å². The summed E-state index contributed by atoms with van der Waals surface area (Å²) in [5, 5.41) is 8.20. The highest BCUT2D eigenvalue weighted by Crippen LogP contribution is 2.28. The van der Waals surface area contributed by atoms with Crippen molar-refractivity contribution in [2.45, 2.75) is 37.2 Å². The molecule has 5 nitrogen and oxygen atoms in total. The molecule has 2 fully saturated rings. The SMILES string of the molecule is CC(CO)S(=O)(=O)N1CC2CCC(C1)O2. The van der Waals surface area contributed by atoms with E-state index in [-0.39, 0.29) is 18.8 Å². The Morgan fingerprint density at radius 3 is 2.40 bits per heavy atom. The Labute approximate surface area is 90.1 Å². The number of rotatable bonds is 3. The summed E-state index contributed by atoms with van der Waals surface area (Å²) in [5.74, 6) is 0. The molecule has 3 unspecified atom stereocenters. The van der Waals surface area contributed by atoms with Gasteiger partial charge in [0.25, 0.3) is 0 Å². The van der Waals surface area contributed by atoms with Crippen LogP contribution in [0.15, 0.2) is 0 Å². The number of hydrogen-bond donors (Lipinski definition) is 1. The zero-order chi connectivity index (χ0) is 11.1. The summed E-state index contributed by atoms with van der Waals surface area (Å²) in [7, 11) is -3.33. The van der Waals surface area contributed by atoms with Gasteiger partial charge in [-0.3, -0.25) is 0 Å². The Morgan fingerprint density at radius 1 is 1.40 bits per heavy atom. The molecule has 88 valence electrons. The Hall–Kier alpha value is -0.170. The predicted octanol–water partition coefficient (Wildman–Crippen LogP) is -0.440. The van der Waals surface area contributed by atoms with Crippen LogP contribution in [0.4, 0.5) is 0 Å². The molecule has 2 aliphatic rings. The second-order valence-electron chi connectivity index (χ2n) is 4.31. The minimum Gasteiger partial charge on any atom is -0.395 e. The molecule has 15 heavy (non-hydrogen) atoms. The van der Waals surface area contributed by atoms with E-state index in [0.717, 1.165) is 12.8 Å². The van der Waals surface area contributed by atoms with Gasteiger partial charge in [-0.15, -0.1) is 0 Å². The normalized spacial score (nSPS) is 34.3. The Bertz CT molecular complexity index is 317. The van der Waals surface area contributed by atoms with E-state index in [2.05, 4.69) is 0 Å². The van der Waals surface area contributed by atoms with Crippen LogP contribution in [-0.2, 0) is 14.8 Å². The minimum atomic E-state index is -3.33.